The van der Waals surface area contributed by atoms with Crippen molar-refractivity contribution >= 4 is 29.4 Å². The van der Waals surface area contributed by atoms with Gasteiger partial charge in [0.25, 0.3) is 5.92 Å². The van der Waals surface area contributed by atoms with Crippen LogP contribution in [0.3, 0.4) is 0 Å². The van der Waals surface area contributed by atoms with Crippen LogP contribution in [0.5, 0.6) is 0 Å². The molecule has 3 aliphatic rings. The maximum atomic E-state index is 14.0. The number of alkyl halides is 2. The fourth-order valence-electron chi connectivity index (χ4n) is 5.60. The number of halogens is 3. The maximum absolute atomic E-state index is 14.0. The average molecular weight is 549 g/mol. The Morgan fingerprint density at radius 1 is 1.18 bits per heavy atom. The van der Waals surface area contributed by atoms with Gasteiger partial charge in [0.05, 0.1) is 24.6 Å². The Kier molecular flexibility index (Phi) is 6.05. The van der Waals surface area contributed by atoms with Crippen molar-refractivity contribution < 1.29 is 22.8 Å². The van der Waals surface area contributed by atoms with Gasteiger partial charge in [0.1, 0.15) is 24.2 Å². The molecule has 2 fully saturated rings. The molecule has 2 aromatic carbocycles. The quantitative estimate of drug-likeness (QED) is 0.481. The number of carbonyl (C=O) groups is 2. The first-order valence-corrected chi connectivity index (χ1v) is 12.6. The minimum absolute atomic E-state index is 0.00380. The molecule has 40 heavy (non-hydrogen) atoms. The number of hydrogen-bond donors (Lipinski definition) is 2. The highest BCUT2D eigenvalue weighted by Crippen LogP contribution is 2.46. The van der Waals surface area contributed by atoms with Crippen LogP contribution >= 0.6 is 0 Å². The van der Waals surface area contributed by atoms with Crippen molar-refractivity contribution in [2.45, 2.75) is 36.3 Å². The van der Waals surface area contributed by atoms with Gasteiger partial charge < -0.3 is 20.4 Å². The highest BCUT2D eigenvalue weighted by Gasteiger charge is 2.56. The van der Waals surface area contributed by atoms with E-state index in [2.05, 4.69) is 31.7 Å². The monoisotopic (exact) mass is 548 g/mol. The zero-order chi connectivity index (χ0) is 28.1. The van der Waals surface area contributed by atoms with Crippen molar-refractivity contribution in [2.75, 3.05) is 35.2 Å². The summed E-state index contributed by atoms with van der Waals surface area (Å²) < 4.78 is 40.8. The lowest BCUT2D eigenvalue weighted by molar-refractivity contribution is -0.132. The van der Waals surface area contributed by atoms with E-state index in [1.807, 2.05) is 6.07 Å². The molecular formula is C27H23F3N8O2. The molecule has 0 saturated carbocycles. The molecular weight excluding hydrogens is 525 g/mol. The van der Waals surface area contributed by atoms with Gasteiger partial charge in [0.2, 0.25) is 23.7 Å². The van der Waals surface area contributed by atoms with Crippen LogP contribution in [0, 0.1) is 17.1 Å². The number of para-hydroxylation sites is 1. The number of nitrogens with one attached hydrogen (secondary N) is 2. The van der Waals surface area contributed by atoms with E-state index >= 15 is 0 Å². The molecule has 13 heteroatoms. The summed E-state index contributed by atoms with van der Waals surface area (Å²) in [5, 5.41) is 15.8. The number of nitriles is 1. The number of anilines is 3. The Morgan fingerprint density at radius 2 is 1.98 bits per heavy atom. The Bertz CT molecular complexity index is 1540. The lowest BCUT2D eigenvalue weighted by Gasteiger charge is -2.38. The van der Waals surface area contributed by atoms with E-state index < -0.39 is 48.2 Å². The van der Waals surface area contributed by atoms with Crippen molar-refractivity contribution in [3.8, 4) is 6.07 Å². The van der Waals surface area contributed by atoms with Crippen molar-refractivity contribution in [3.63, 3.8) is 0 Å². The molecule has 0 aliphatic carbocycles. The number of fused-ring (bicyclic) bond motifs is 2. The minimum atomic E-state index is -2.83. The third-order valence-electron chi connectivity index (χ3n) is 7.53. The van der Waals surface area contributed by atoms with E-state index in [9.17, 15) is 28.0 Å². The highest BCUT2D eigenvalue weighted by molar-refractivity contribution is 6.07. The van der Waals surface area contributed by atoms with Gasteiger partial charge in [0.15, 0.2) is 0 Å². The van der Waals surface area contributed by atoms with E-state index in [0.29, 0.717) is 11.3 Å². The number of aromatic nitrogens is 3. The van der Waals surface area contributed by atoms with Gasteiger partial charge in [-0.25, -0.2) is 23.1 Å². The number of rotatable bonds is 6. The van der Waals surface area contributed by atoms with Crippen molar-refractivity contribution in [1.82, 2.24) is 19.9 Å². The number of benzene rings is 2. The summed E-state index contributed by atoms with van der Waals surface area (Å²) in [5.41, 5.74) is 0.772. The fraction of sp³-hybridized carbons (Fsp3) is 0.333. The molecule has 3 atom stereocenters. The predicted molar refractivity (Wildman–Crippen MR) is 137 cm³/mol. The summed E-state index contributed by atoms with van der Waals surface area (Å²) in [5.74, 6) is -4.14. The smallest absolute Gasteiger partial charge is 0.282 e. The molecule has 1 spiro atoms. The first-order valence-electron chi connectivity index (χ1n) is 12.6. The Morgan fingerprint density at radius 3 is 2.73 bits per heavy atom. The predicted octanol–water partition coefficient (Wildman–Crippen LogP) is 2.50. The van der Waals surface area contributed by atoms with Crippen LogP contribution in [0.2, 0.25) is 0 Å². The second-order valence-corrected chi connectivity index (χ2v) is 10.2. The molecule has 4 heterocycles. The molecule has 6 rings (SSSR count). The third-order valence-corrected chi connectivity index (χ3v) is 7.53. The van der Waals surface area contributed by atoms with Gasteiger partial charge in [-0.2, -0.15) is 10.2 Å². The molecule has 3 aromatic rings. The van der Waals surface area contributed by atoms with E-state index in [-0.39, 0.29) is 37.2 Å². The topological polar surface area (TPSA) is 127 Å². The van der Waals surface area contributed by atoms with Gasteiger partial charge in [-0.3, -0.25) is 9.59 Å². The van der Waals surface area contributed by atoms with E-state index in [4.69, 9.17) is 0 Å². The molecule has 1 aromatic heterocycles. The summed E-state index contributed by atoms with van der Waals surface area (Å²) in [6, 6.07) is 13.1. The number of carbonyl (C=O) groups excluding carboxylic acids is 2. The average Bonchev–Trinajstić information content (AvgIpc) is 3.44. The van der Waals surface area contributed by atoms with E-state index in [0.717, 1.165) is 11.9 Å². The van der Waals surface area contributed by atoms with Gasteiger partial charge in [-0.15, -0.1) is 0 Å². The standard InChI is InChI=1S/C27H23F3N8O2/c28-17-5-3-4-16(8-17)9-21(35-24-32-15-33-25(36-24)37-13-27(29,30)14-37)22(39)38-12-26(10-18(38)11-31)19-6-1-2-7-20(19)34-23(26)40/h1-8,15,18,21H,9-10,12-14H2,(H,34,40)(H,32,33,35,36)/t18-,21-,26-/m0/s1. The fourth-order valence-corrected chi connectivity index (χ4v) is 5.60. The van der Waals surface area contributed by atoms with Gasteiger partial charge in [-0.1, -0.05) is 30.3 Å². The second kappa shape index (κ2) is 9.48. The van der Waals surface area contributed by atoms with Crippen LogP contribution in [0.4, 0.5) is 30.8 Å². The van der Waals surface area contributed by atoms with Crippen molar-refractivity contribution in [2.24, 2.45) is 0 Å². The molecule has 0 unspecified atom stereocenters. The molecule has 2 amide bonds. The third kappa shape index (κ3) is 4.45. The van der Waals surface area contributed by atoms with Crippen LogP contribution in [-0.2, 0) is 21.4 Å². The molecule has 3 aliphatic heterocycles. The van der Waals surface area contributed by atoms with Gasteiger partial charge in [-0.05, 0) is 29.3 Å². The first kappa shape index (κ1) is 25.5. The molecule has 0 bridgehead atoms. The lowest BCUT2D eigenvalue weighted by atomic mass is 9.80. The van der Waals surface area contributed by atoms with Crippen LogP contribution < -0.4 is 15.5 Å². The molecule has 10 nitrogen and oxygen atoms in total. The Labute approximate surface area is 226 Å². The zero-order valence-electron chi connectivity index (χ0n) is 21.0. The number of amides is 2. The molecule has 0 radical (unpaired) electrons. The van der Waals surface area contributed by atoms with Crippen LogP contribution in [-0.4, -0.2) is 69.3 Å². The summed E-state index contributed by atoms with van der Waals surface area (Å²) in [7, 11) is 0. The Balaban J connectivity index is 1.30. The SMILES string of the molecule is N#C[C@@H]1C[C@@]2(CN1C(=O)[C@H](Cc1cccc(F)c1)Nc1ncnc(N3CC(F)(F)C3)n1)C(=O)Nc1ccccc12. The normalized spacial score (nSPS) is 23.2. The zero-order valence-corrected chi connectivity index (χ0v) is 21.0. The van der Waals surface area contributed by atoms with Crippen molar-refractivity contribution in [1.29, 1.82) is 5.26 Å². The second-order valence-electron chi connectivity index (χ2n) is 10.2. The molecule has 204 valence electrons. The number of hydrogen-bond acceptors (Lipinski definition) is 8. The number of likely N-dealkylation sites (tertiary alicyclic amines) is 1. The van der Waals surface area contributed by atoms with Crippen LogP contribution in [0.25, 0.3) is 0 Å². The first-order chi connectivity index (χ1) is 19.2. The summed E-state index contributed by atoms with van der Waals surface area (Å²) in [6.45, 7) is -1.10. The van der Waals surface area contributed by atoms with E-state index in [1.54, 1.807) is 24.3 Å². The lowest BCUT2D eigenvalue weighted by Crippen LogP contribution is -2.57. The summed E-state index contributed by atoms with van der Waals surface area (Å²) in [6.07, 6.45) is 1.27. The van der Waals surface area contributed by atoms with Crippen LogP contribution in [0.15, 0.2) is 54.9 Å². The number of nitrogens with zero attached hydrogens (tertiary/aromatic N) is 6. The summed E-state index contributed by atoms with van der Waals surface area (Å²) in [4.78, 5) is 42.1. The molecule has 2 N–H and O–H groups in total. The Hall–Kier alpha value is -4.73. The molecule has 2 saturated heterocycles. The summed E-state index contributed by atoms with van der Waals surface area (Å²) >= 11 is 0. The highest BCUT2D eigenvalue weighted by atomic mass is 19.3. The largest absolute Gasteiger partial charge is 0.342 e. The van der Waals surface area contributed by atoms with Gasteiger partial charge in [0, 0.05) is 25.1 Å². The van der Waals surface area contributed by atoms with Crippen LogP contribution in [0.1, 0.15) is 17.5 Å². The maximum Gasteiger partial charge on any atom is 0.282 e. The van der Waals surface area contributed by atoms with Gasteiger partial charge >= 0.3 is 0 Å². The van der Waals surface area contributed by atoms with Crippen molar-refractivity contribution in [3.05, 3.63) is 71.8 Å². The minimum Gasteiger partial charge on any atom is -0.342 e. The van der Waals surface area contributed by atoms with E-state index in [1.165, 1.54) is 28.0 Å².